The molecular formula is C13H24N2O2. The minimum atomic E-state index is -0.394. The average Bonchev–Trinajstić information content (AvgIpc) is 2.70. The molecule has 2 fully saturated rings. The number of hydrogen-bond acceptors (Lipinski definition) is 3. The first-order valence-electron chi connectivity index (χ1n) is 6.57. The van der Waals surface area contributed by atoms with Crippen LogP contribution in [-0.2, 0) is 4.74 Å². The third-order valence-corrected chi connectivity index (χ3v) is 3.83. The van der Waals surface area contributed by atoms with E-state index in [4.69, 9.17) is 10.5 Å². The van der Waals surface area contributed by atoms with E-state index in [9.17, 15) is 4.79 Å². The van der Waals surface area contributed by atoms with Crippen molar-refractivity contribution in [3.63, 3.8) is 0 Å². The Kier molecular flexibility index (Phi) is 3.34. The van der Waals surface area contributed by atoms with Crippen LogP contribution in [0.1, 0.15) is 33.6 Å². The number of likely N-dealkylation sites (tertiary alicyclic amines) is 1. The Balaban J connectivity index is 1.86. The molecule has 2 N–H and O–H groups in total. The predicted octanol–water partition coefficient (Wildman–Crippen LogP) is 1.84. The summed E-state index contributed by atoms with van der Waals surface area (Å²) < 4.78 is 5.40. The Labute approximate surface area is 103 Å². The van der Waals surface area contributed by atoms with Crippen LogP contribution in [0.4, 0.5) is 4.79 Å². The van der Waals surface area contributed by atoms with Crippen LogP contribution >= 0.6 is 0 Å². The van der Waals surface area contributed by atoms with Gasteiger partial charge in [-0.05, 0) is 57.9 Å². The molecule has 0 aromatic heterocycles. The number of nitrogens with zero attached hydrogens (tertiary/aromatic N) is 1. The highest BCUT2D eigenvalue weighted by Gasteiger charge is 2.42. The maximum Gasteiger partial charge on any atom is 0.410 e. The number of amides is 1. The summed E-state index contributed by atoms with van der Waals surface area (Å²) in [4.78, 5) is 13.8. The van der Waals surface area contributed by atoms with Gasteiger partial charge >= 0.3 is 6.09 Å². The molecule has 1 heterocycles. The quantitative estimate of drug-likeness (QED) is 0.761. The number of rotatable bonds is 1. The van der Waals surface area contributed by atoms with Crippen molar-refractivity contribution in [3.05, 3.63) is 0 Å². The molecule has 0 aromatic rings. The summed E-state index contributed by atoms with van der Waals surface area (Å²) in [6.07, 6.45) is 2.21. The van der Waals surface area contributed by atoms with Gasteiger partial charge in [-0.1, -0.05) is 0 Å². The summed E-state index contributed by atoms with van der Waals surface area (Å²) in [5.74, 6) is 1.97. The van der Waals surface area contributed by atoms with Crippen molar-refractivity contribution in [2.45, 2.75) is 39.2 Å². The summed E-state index contributed by atoms with van der Waals surface area (Å²) in [5, 5.41) is 0. The fraction of sp³-hybridized carbons (Fsp3) is 0.923. The number of fused-ring (bicyclic) bond motifs is 1. The van der Waals surface area contributed by atoms with E-state index >= 15 is 0 Å². The lowest BCUT2D eigenvalue weighted by Crippen LogP contribution is -2.36. The van der Waals surface area contributed by atoms with Crippen molar-refractivity contribution in [3.8, 4) is 0 Å². The lowest BCUT2D eigenvalue weighted by molar-refractivity contribution is 0.0278. The number of carbonyl (C=O) groups excluding carboxylic acids is 1. The van der Waals surface area contributed by atoms with Gasteiger partial charge in [0.05, 0.1) is 0 Å². The average molecular weight is 240 g/mol. The molecule has 0 unspecified atom stereocenters. The van der Waals surface area contributed by atoms with Crippen LogP contribution < -0.4 is 5.73 Å². The molecule has 0 spiro atoms. The molecule has 2 aliphatic rings. The molecule has 17 heavy (non-hydrogen) atoms. The number of ether oxygens (including phenoxy) is 1. The third kappa shape index (κ3) is 2.92. The maximum absolute atomic E-state index is 11.9. The lowest BCUT2D eigenvalue weighted by Gasteiger charge is -2.25. The monoisotopic (exact) mass is 240 g/mol. The molecule has 4 heteroatoms. The first-order valence-corrected chi connectivity index (χ1v) is 6.57. The zero-order valence-electron chi connectivity index (χ0n) is 11.1. The normalized spacial score (nSPS) is 32.7. The van der Waals surface area contributed by atoms with E-state index in [1.165, 1.54) is 12.8 Å². The molecule has 0 radical (unpaired) electrons. The SMILES string of the molecule is CC(C)(C)OC(=O)N1C[C@H]2C[C@H](CN)C[C@H]2C1. The molecule has 3 atom stereocenters. The maximum atomic E-state index is 11.9. The van der Waals surface area contributed by atoms with E-state index in [1.807, 2.05) is 25.7 Å². The second-order valence-electron chi connectivity index (χ2n) is 6.48. The molecule has 2 rings (SSSR count). The summed E-state index contributed by atoms with van der Waals surface area (Å²) in [7, 11) is 0. The van der Waals surface area contributed by atoms with Gasteiger partial charge in [0.15, 0.2) is 0 Å². The van der Waals surface area contributed by atoms with Crippen LogP contribution in [-0.4, -0.2) is 36.2 Å². The van der Waals surface area contributed by atoms with Crippen LogP contribution in [0.15, 0.2) is 0 Å². The van der Waals surface area contributed by atoms with E-state index in [-0.39, 0.29) is 6.09 Å². The molecule has 4 nitrogen and oxygen atoms in total. The first kappa shape index (κ1) is 12.7. The van der Waals surface area contributed by atoms with Crippen molar-refractivity contribution in [2.75, 3.05) is 19.6 Å². The third-order valence-electron chi connectivity index (χ3n) is 3.83. The van der Waals surface area contributed by atoms with Crippen LogP contribution in [0.5, 0.6) is 0 Å². The molecular weight excluding hydrogens is 216 g/mol. The summed E-state index contributed by atoms with van der Waals surface area (Å²) in [6, 6.07) is 0. The molecule has 0 bridgehead atoms. The van der Waals surface area contributed by atoms with Gasteiger partial charge in [-0.15, -0.1) is 0 Å². The van der Waals surface area contributed by atoms with Crippen molar-refractivity contribution in [1.82, 2.24) is 4.90 Å². The summed E-state index contributed by atoms with van der Waals surface area (Å²) in [6.45, 7) is 8.23. The molecule has 1 saturated carbocycles. The van der Waals surface area contributed by atoms with E-state index < -0.39 is 5.60 Å². The molecule has 0 aromatic carbocycles. The van der Waals surface area contributed by atoms with Gasteiger partial charge in [-0.3, -0.25) is 0 Å². The van der Waals surface area contributed by atoms with Crippen LogP contribution in [0.2, 0.25) is 0 Å². The van der Waals surface area contributed by atoms with E-state index in [0.29, 0.717) is 17.8 Å². The second kappa shape index (κ2) is 4.48. The summed E-state index contributed by atoms with van der Waals surface area (Å²) in [5.41, 5.74) is 5.32. The van der Waals surface area contributed by atoms with Crippen molar-refractivity contribution < 1.29 is 9.53 Å². The minimum absolute atomic E-state index is 0.156. The molecule has 98 valence electrons. The highest BCUT2D eigenvalue weighted by molar-refractivity contribution is 5.68. The Morgan fingerprint density at radius 1 is 1.29 bits per heavy atom. The van der Waals surface area contributed by atoms with Gasteiger partial charge in [0.1, 0.15) is 5.60 Å². The Morgan fingerprint density at radius 3 is 2.24 bits per heavy atom. The Bertz CT molecular complexity index is 284. The van der Waals surface area contributed by atoms with Crippen molar-refractivity contribution >= 4 is 6.09 Å². The fourth-order valence-corrected chi connectivity index (χ4v) is 3.09. The zero-order valence-corrected chi connectivity index (χ0v) is 11.1. The minimum Gasteiger partial charge on any atom is -0.444 e. The van der Waals surface area contributed by atoms with Crippen molar-refractivity contribution in [1.29, 1.82) is 0 Å². The number of nitrogens with two attached hydrogens (primary N) is 1. The fourth-order valence-electron chi connectivity index (χ4n) is 3.09. The second-order valence-corrected chi connectivity index (χ2v) is 6.48. The van der Waals surface area contributed by atoms with E-state index in [2.05, 4.69) is 0 Å². The number of carbonyl (C=O) groups is 1. The highest BCUT2D eigenvalue weighted by Crippen LogP contribution is 2.41. The Morgan fingerprint density at radius 2 is 1.82 bits per heavy atom. The van der Waals surface area contributed by atoms with Gasteiger partial charge in [-0.2, -0.15) is 0 Å². The topological polar surface area (TPSA) is 55.6 Å². The van der Waals surface area contributed by atoms with Crippen LogP contribution in [0.3, 0.4) is 0 Å². The molecule has 1 saturated heterocycles. The summed E-state index contributed by atoms with van der Waals surface area (Å²) >= 11 is 0. The van der Waals surface area contributed by atoms with E-state index in [0.717, 1.165) is 19.6 Å². The largest absolute Gasteiger partial charge is 0.444 e. The zero-order chi connectivity index (χ0) is 12.6. The predicted molar refractivity (Wildman–Crippen MR) is 66.6 cm³/mol. The lowest BCUT2D eigenvalue weighted by atomic mass is 10.0. The van der Waals surface area contributed by atoms with Gasteiger partial charge in [0.25, 0.3) is 0 Å². The molecule has 1 aliphatic heterocycles. The highest BCUT2D eigenvalue weighted by atomic mass is 16.6. The smallest absolute Gasteiger partial charge is 0.410 e. The standard InChI is InChI=1S/C13H24N2O2/c1-13(2,3)17-12(16)15-7-10-4-9(6-14)5-11(10)8-15/h9-11H,4-8,14H2,1-3H3/t9-,10+,11-. The number of hydrogen-bond donors (Lipinski definition) is 1. The van der Waals surface area contributed by atoms with Crippen LogP contribution in [0, 0.1) is 17.8 Å². The van der Waals surface area contributed by atoms with E-state index in [1.54, 1.807) is 0 Å². The molecule has 1 aliphatic carbocycles. The van der Waals surface area contributed by atoms with Gasteiger partial charge in [-0.25, -0.2) is 4.79 Å². The molecule has 1 amide bonds. The Hall–Kier alpha value is -0.770. The van der Waals surface area contributed by atoms with Gasteiger partial charge in [0.2, 0.25) is 0 Å². The van der Waals surface area contributed by atoms with Gasteiger partial charge < -0.3 is 15.4 Å². The first-order chi connectivity index (χ1) is 7.89. The van der Waals surface area contributed by atoms with Crippen molar-refractivity contribution in [2.24, 2.45) is 23.5 Å². The van der Waals surface area contributed by atoms with Gasteiger partial charge in [0, 0.05) is 13.1 Å². The van der Waals surface area contributed by atoms with Crippen LogP contribution in [0.25, 0.3) is 0 Å².